The molecule has 1 aromatic rings. The second-order valence-electron chi connectivity index (χ2n) is 4.80. The summed E-state index contributed by atoms with van der Waals surface area (Å²) >= 11 is 0. The van der Waals surface area contributed by atoms with Crippen LogP contribution in [0.5, 0.6) is 5.75 Å². The highest BCUT2D eigenvalue weighted by Crippen LogP contribution is 2.19. The Hall–Kier alpha value is -1.51. The zero-order valence-electron chi connectivity index (χ0n) is 12.1. The van der Waals surface area contributed by atoms with E-state index in [-0.39, 0.29) is 0 Å². The van der Waals surface area contributed by atoms with Gasteiger partial charge in [0.25, 0.3) is 0 Å². The summed E-state index contributed by atoms with van der Waals surface area (Å²) in [7, 11) is 0. The zero-order valence-corrected chi connectivity index (χ0v) is 12.1. The Bertz CT molecular complexity index is 388. The Kier molecular flexibility index (Phi) is 7.71. The molecule has 106 valence electrons. The topological polar surface area (TPSA) is 41.8 Å². The quantitative estimate of drug-likeness (QED) is 0.305. The van der Waals surface area contributed by atoms with Crippen LogP contribution in [0.1, 0.15) is 57.9 Å². The summed E-state index contributed by atoms with van der Waals surface area (Å²) in [6.07, 6.45) is 7.52. The van der Waals surface area contributed by atoms with Crippen molar-refractivity contribution in [3.63, 3.8) is 0 Å². The smallest absolute Gasteiger partial charge is 0.128 e. The van der Waals surface area contributed by atoms with Crippen LogP contribution < -0.4 is 4.74 Å². The number of nitrogens with zero attached hydrogens (tertiary/aromatic N) is 1. The van der Waals surface area contributed by atoms with Crippen molar-refractivity contribution in [2.45, 2.75) is 52.4 Å². The van der Waals surface area contributed by atoms with Gasteiger partial charge in [-0.15, -0.1) is 0 Å². The molecule has 0 spiro atoms. The molecule has 0 saturated carbocycles. The molecule has 1 N–H and O–H groups in total. The Labute approximate surface area is 116 Å². The first kappa shape index (κ1) is 15.5. The van der Waals surface area contributed by atoms with Crippen LogP contribution in [0.4, 0.5) is 0 Å². The molecule has 0 aromatic heterocycles. The largest absolute Gasteiger partial charge is 0.493 e. The Morgan fingerprint density at radius 1 is 1.11 bits per heavy atom. The van der Waals surface area contributed by atoms with E-state index in [0.717, 1.165) is 24.3 Å². The number of rotatable bonds is 9. The summed E-state index contributed by atoms with van der Waals surface area (Å²) in [6.45, 7) is 4.72. The molecule has 3 nitrogen and oxygen atoms in total. The molecule has 0 heterocycles. The van der Waals surface area contributed by atoms with Gasteiger partial charge in [-0.25, -0.2) is 0 Å². The highest BCUT2D eigenvalue weighted by atomic mass is 16.5. The number of hydrogen-bond acceptors (Lipinski definition) is 3. The van der Waals surface area contributed by atoms with E-state index in [1.807, 2.05) is 24.3 Å². The SMILES string of the molecule is CCCCCCCCOc1ccccc1/C(C)=N/O. The van der Waals surface area contributed by atoms with Gasteiger partial charge in [-0.05, 0) is 25.5 Å². The molecule has 0 bridgehead atoms. The molecule has 0 amide bonds. The molecule has 0 aliphatic carbocycles. The maximum Gasteiger partial charge on any atom is 0.128 e. The second kappa shape index (κ2) is 9.42. The molecule has 0 unspecified atom stereocenters. The molecule has 0 radical (unpaired) electrons. The van der Waals surface area contributed by atoms with Crippen LogP contribution in [0, 0.1) is 0 Å². The van der Waals surface area contributed by atoms with Gasteiger partial charge in [-0.3, -0.25) is 0 Å². The first-order valence-corrected chi connectivity index (χ1v) is 7.20. The van der Waals surface area contributed by atoms with Gasteiger partial charge in [0, 0.05) is 5.56 Å². The van der Waals surface area contributed by atoms with Crippen LogP contribution in [0.15, 0.2) is 29.4 Å². The zero-order chi connectivity index (χ0) is 13.9. The minimum absolute atomic E-state index is 0.582. The summed E-state index contributed by atoms with van der Waals surface area (Å²) < 4.78 is 5.77. The van der Waals surface area contributed by atoms with Crippen LogP contribution in [0.25, 0.3) is 0 Å². The van der Waals surface area contributed by atoms with E-state index < -0.39 is 0 Å². The highest BCUT2D eigenvalue weighted by molar-refractivity contribution is 6.00. The van der Waals surface area contributed by atoms with Crippen molar-refractivity contribution in [1.29, 1.82) is 0 Å². The molecule has 0 aliphatic heterocycles. The van der Waals surface area contributed by atoms with E-state index >= 15 is 0 Å². The van der Waals surface area contributed by atoms with Crippen LogP contribution in [0.3, 0.4) is 0 Å². The van der Waals surface area contributed by atoms with E-state index in [2.05, 4.69) is 12.1 Å². The fraction of sp³-hybridized carbons (Fsp3) is 0.562. The fourth-order valence-electron chi connectivity index (χ4n) is 2.01. The van der Waals surface area contributed by atoms with Crippen molar-refractivity contribution < 1.29 is 9.94 Å². The number of para-hydroxylation sites is 1. The predicted octanol–water partition coefficient (Wildman–Crippen LogP) is 4.62. The van der Waals surface area contributed by atoms with E-state index in [1.54, 1.807) is 6.92 Å². The summed E-state index contributed by atoms with van der Waals surface area (Å²) in [4.78, 5) is 0. The number of benzene rings is 1. The molecule has 3 heteroatoms. The minimum Gasteiger partial charge on any atom is -0.493 e. The Morgan fingerprint density at radius 2 is 1.79 bits per heavy atom. The van der Waals surface area contributed by atoms with Gasteiger partial charge < -0.3 is 9.94 Å². The molecule has 0 aliphatic rings. The van der Waals surface area contributed by atoms with Crippen molar-refractivity contribution in [2.24, 2.45) is 5.16 Å². The lowest BCUT2D eigenvalue weighted by molar-refractivity contribution is 0.302. The second-order valence-corrected chi connectivity index (χ2v) is 4.80. The van der Waals surface area contributed by atoms with Gasteiger partial charge >= 0.3 is 0 Å². The van der Waals surface area contributed by atoms with Gasteiger partial charge in [0.1, 0.15) is 5.75 Å². The standard InChI is InChI=1S/C16H25NO2/c1-3-4-5-6-7-10-13-19-16-12-9-8-11-15(16)14(2)17-18/h8-9,11-12,18H,3-7,10,13H2,1-2H3/b17-14+. The first-order chi connectivity index (χ1) is 9.29. The third-order valence-corrected chi connectivity index (χ3v) is 3.18. The van der Waals surface area contributed by atoms with Gasteiger partial charge in [-0.2, -0.15) is 0 Å². The van der Waals surface area contributed by atoms with Gasteiger partial charge in [-0.1, -0.05) is 56.3 Å². The number of hydrogen-bond donors (Lipinski definition) is 1. The summed E-state index contributed by atoms with van der Waals surface area (Å²) in [5.74, 6) is 0.798. The molecule has 1 rings (SSSR count). The average molecular weight is 263 g/mol. The monoisotopic (exact) mass is 263 g/mol. The maximum absolute atomic E-state index is 8.84. The third kappa shape index (κ3) is 5.77. The lowest BCUT2D eigenvalue weighted by atomic mass is 10.1. The van der Waals surface area contributed by atoms with Gasteiger partial charge in [0.2, 0.25) is 0 Å². The van der Waals surface area contributed by atoms with Crippen LogP contribution >= 0.6 is 0 Å². The van der Waals surface area contributed by atoms with Crippen LogP contribution in [-0.4, -0.2) is 17.5 Å². The number of unbranched alkanes of at least 4 members (excludes halogenated alkanes) is 5. The number of ether oxygens (including phenoxy) is 1. The lowest BCUT2D eigenvalue weighted by Crippen LogP contribution is -2.03. The molecule has 0 atom stereocenters. The normalized spacial score (nSPS) is 11.6. The third-order valence-electron chi connectivity index (χ3n) is 3.18. The van der Waals surface area contributed by atoms with Crippen LogP contribution in [0.2, 0.25) is 0 Å². The fourth-order valence-corrected chi connectivity index (χ4v) is 2.01. The highest BCUT2D eigenvalue weighted by Gasteiger charge is 2.05. The summed E-state index contributed by atoms with van der Waals surface area (Å²) in [5.41, 5.74) is 1.44. The molecule has 0 fully saturated rings. The summed E-state index contributed by atoms with van der Waals surface area (Å²) in [5, 5.41) is 12.1. The maximum atomic E-state index is 8.84. The Balaban J connectivity index is 2.33. The first-order valence-electron chi connectivity index (χ1n) is 7.20. The molecule has 19 heavy (non-hydrogen) atoms. The molecule has 0 saturated heterocycles. The van der Waals surface area contributed by atoms with Crippen molar-refractivity contribution in [3.05, 3.63) is 29.8 Å². The molecule has 1 aromatic carbocycles. The molecular formula is C16H25NO2. The van der Waals surface area contributed by atoms with Crippen LogP contribution in [-0.2, 0) is 0 Å². The van der Waals surface area contributed by atoms with Crippen molar-refractivity contribution in [2.75, 3.05) is 6.61 Å². The van der Waals surface area contributed by atoms with Crippen molar-refractivity contribution in [1.82, 2.24) is 0 Å². The Morgan fingerprint density at radius 3 is 2.53 bits per heavy atom. The van der Waals surface area contributed by atoms with E-state index in [9.17, 15) is 0 Å². The summed E-state index contributed by atoms with van der Waals surface area (Å²) in [6, 6.07) is 7.68. The average Bonchev–Trinajstić information content (AvgIpc) is 2.46. The van der Waals surface area contributed by atoms with E-state index in [0.29, 0.717) is 5.71 Å². The van der Waals surface area contributed by atoms with Gasteiger partial charge in [0.05, 0.1) is 12.3 Å². The minimum atomic E-state index is 0.582. The van der Waals surface area contributed by atoms with E-state index in [1.165, 1.54) is 32.1 Å². The van der Waals surface area contributed by atoms with Gasteiger partial charge in [0.15, 0.2) is 0 Å². The molecular weight excluding hydrogens is 238 g/mol. The predicted molar refractivity (Wildman–Crippen MR) is 79.3 cm³/mol. The van der Waals surface area contributed by atoms with Crippen molar-refractivity contribution >= 4 is 5.71 Å². The van der Waals surface area contributed by atoms with E-state index in [4.69, 9.17) is 9.94 Å². The van der Waals surface area contributed by atoms with Crippen molar-refractivity contribution in [3.8, 4) is 5.75 Å². The lowest BCUT2D eigenvalue weighted by Gasteiger charge is -2.10. The number of oxime groups is 1.